The highest BCUT2D eigenvalue weighted by molar-refractivity contribution is 5.82. The van der Waals surface area contributed by atoms with Gasteiger partial charge in [0.1, 0.15) is 11.5 Å². The Balaban J connectivity index is 1.93. The average Bonchev–Trinajstić information content (AvgIpc) is 2.82. The summed E-state index contributed by atoms with van der Waals surface area (Å²) in [6.45, 7) is 0. The third-order valence-corrected chi connectivity index (χ3v) is 2.30. The van der Waals surface area contributed by atoms with Crippen molar-refractivity contribution in [3.8, 4) is 5.75 Å². The van der Waals surface area contributed by atoms with Crippen LogP contribution in [0.5, 0.6) is 5.75 Å². The number of hydrogen-bond donors (Lipinski definition) is 1. The summed E-state index contributed by atoms with van der Waals surface area (Å²) >= 11 is 0. The van der Waals surface area contributed by atoms with E-state index in [0.29, 0.717) is 12.2 Å². The molecule has 0 saturated carbocycles. The summed E-state index contributed by atoms with van der Waals surface area (Å²) in [4.78, 5) is 11.7. The predicted octanol–water partition coefficient (Wildman–Crippen LogP) is 0.563. The SMILES string of the molecule is COc1ccc(CC(=O)Cc2nn[nH]n2)cc1. The lowest BCUT2D eigenvalue weighted by Gasteiger charge is -2.02. The third kappa shape index (κ3) is 3.10. The molecule has 1 aromatic carbocycles. The number of H-pyrrole nitrogens is 1. The second-order valence-corrected chi connectivity index (χ2v) is 3.57. The maximum absolute atomic E-state index is 11.7. The number of tetrazole rings is 1. The fourth-order valence-corrected chi connectivity index (χ4v) is 1.47. The van der Waals surface area contributed by atoms with E-state index < -0.39 is 0 Å². The maximum atomic E-state index is 11.7. The molecule has 6 heteroatoms. The molecule has 0 fully saturated rings. The molecule has 1 aromatic heterocycles. The molecule has 1 heterocycles. The summed E-state index contributed by atoms with van der Waals surface area (Å²) in [5.41, 5.74) is 0.944. The second kappa shape index (κ2) is 5.20. The van der Waals surface area contributed by atoms with Gasteiger partial charge >= 0.3 is 0 Å². The molecule has 0 spiro atoms. The summed E-state index contributed by atoms with van der Waals surface area (Å²) in [6.07, 6.45) is 0.557. The Bertz CT molecular complexity index is 479. The van der Waals surface area contributed by atoms with Gasteiger partial charge in [-0.1, -0.05) is 17.3 Å². The topological polar surface area (TPSA) is 80.8 Å². The Morgan fingerprint density at radius 1 is 1.29 bits per heavy atom. The van der Waals surface area contributed by atoms with Gasteiger partial charge in [0, 0.05) is 6.42 Å². The van der Waals surface area contributed by atoms with Crippen molar-refractivity contribution >= 4 is 5.78 Å². The number of aromatic amines is 1. The summed E-state index contributed by atoms with van der Waals surface area (Å²) in [5.74, 6) is 1.25. The Hall–Kier alpha value is -2.24. The molecule has 17 heavy (non-hydrogen) atoms. The number of methoxy groups -OCH3 is 1. The van der Waals surface area contributed by atoms with E-state index in [0.717, 1.165) is 11.3 Å². The molecule has 0 aliphatic heterocycles. The van der Waals surface area contributed by atoms with Crippen LogP contribution in [0.4, 0.5) is 0 Å². The lowest BCUT2D eigenvalue weighted by atomic mass is 10.1. The van der Waals surface area contributed by atoms with Crippen LogP contribution in [-0.2, 0) is 17.6 Å². The zero-order valence-electron chi connectivity index (χ0n) is 9.38. The average molecular weight is 232 g/mol. The van der Waals surface area contributed by atoms with E-state index >= 15 is 0 Å². The van der Waals surface area contributed by atoms with E-state index in [2.05, 4.69) is 20.6 Å². The molecule has 1 N–H and O–H groups in total. The van der Waals surface area contributed by atoms with E-state index in [9.17, 15) is 4.79 Å². The quantitative estimate of drug-likeness (QED) is 0.814. The van der Waals surface area contributed by atoms with E-state index in [4.69, 9.17) is 4.74 Å². The van der Waals surface area contributed by atoms with Crippen LogP contribution in [0, 0.1) is 0 Å². The van der Waals surface area contributed by atoms with Crippen LogP contribution in [0.15, 0.2) is 24.3 Å². The largest absolute Gasteiger partial charge is 0.497 e. The van der Waals surface area contributed by atoms with Crippen LogP contribution < -0.4 is 4.74 Å². The number of Topliss-reactive ketones (excluding diaryl/α,β-unsaturated/α-hetero) is 1. The molecule has 0 amide bonds. The van der Waals surface area contributed by atoms with Crippen molar-refractivity contribution in [2.45, 2.75) is 12.8 Å². The number of ketones is 1. The van der Waals surface area contributed by atoms with Crippen LogP contribution >= 0.6 is 0 Å². The molecule has 0 atom stereocenters. The number of aromatic nitrogens is 4. The van der Waals surface area contributed by atoms with Crippen LogP contribution in [-0.4, -0.2) is 33.5 Å². The van der Waals surface area contributed by atoms with Crippen molar-refractivity contribution in [2.75, 3.05) is 7.11 Å². The normalized spacial score (nSPS) is 10.2. The molecule has 0 aliphatic carbocycles. The van der Waals surface area contributed by atoms with Crippen molar-refractivity contribution in [1.29, 1.82) is 0 Å². The molecule has 0 saturated heterocycles. The Labute approximate surface area is 98.0 Å². The smallest absolute Gasteiger partial charge is 0.181 e. The van der Waals surface area contributed by atoms with Gasteiger partial charge in [-0.25, -0.2) is 0 Å². The summed E-state index contributed by atoms with van der Waals surface area (Å²) in [7, 11) is 1.61. The fraction of sp³-hybridized carbons (Fsp3) is 0.273. The van der Waals surface area contributed by atoms with Gasteiger partial charge in [0.15, 0.2) is 5.82 Å². The minimum Gasteiger partial charge on any atom is -0.497 e. The zero-order chi connectivity index (χ0) is 12.1. The fourth-order valence-electron chi connectivity index (χ4n) is 1.47. The van der Waals surface area contributed by atoms with Crippen LogP contribution in [0.3, 0.4) is 0 Å². The number of benzene rings is 1. The highest BCUT2D eigenvalue weighted by Gasteiger charge is 2.08. The van der Waals surface area contributed by atoms with Crippen LogP contribution in [0.2, 0.25) is 0 Å². The molecule has 88 valence electrons. The van der Waals surface area contributed by atoms with Crippen molar-refractivity contribution in [1.82, 2.24) is 20.6 Å². The number of rotatable bonds is 5. The van der Waals surface area contributed by atoms with Gasteiger partial charge in [-0.15, -0.1) is 10.2 Å². The van der Waals surface area contributed by atoms with Gasteiger partial charge in [-0.05, 0) is 17.7 Å². The van der Waals surface area contributed by atoms with Gasteiger partial charge < -0.3 is 4.74 Å². The van der Waals surface area contributed by atoms with Crippen molar-refractivity contribution in [3.05, 3.63) is 35.7 Å². The minimum absolute atomic E-state index is 0.0524. The van der Waals surface area contributed by atoms with Gasteiger partial charge in [0.2, 0.25) is 0 Å². The van der Waals surface area contributed by atoms with Crippen molar-refractivity contribution < 1.29 is 9.53 Å². The van der Waals surface area contributed by atoms with Crippen molar-refractivity contribution in [2.24, 2.45) is 0 Å². The Morgan fingerprint density at radius 2 is 2.06 bits per heavy atom. The molecule has 2 aromatic rings. The first-order valence-corrected chi connectivity index (χ1v) is 5.15. The Morgan fingerprint density at radius 3 is 2.65 bits per heavy atom. The predicted molar refractivity (Wildman–Crippen MR) is 59.6 cm³/mol. The van der Waals surface area contributed by atoms with E-state index in [1.165, 1.54) is 0 Å². The first kappa shape index (κ1) is 11.3. The second-order valence-electron chi connectivity index (χ2n) is 3.57. The Kier molecular flexibility index (Phi) is 3.44. The van der Waals surface area contributed by atoms with Gasteiger partial charge in [0.25, 0.3) is 0 Å². The molecular weight excluding hydrogens is 220 g/mol. The standard InChI is InChI=1S/C11H12N4O2/c1-17-10-4-2-8(3-5-10)6-9(16)7-11-12-14-15-13-11/h2-5H,6-7H2,1H3,(H,12,13,14,15). The van der Waals surface area contributed by atoms with Crippen LogP contribution in [0.1, 0.15) is 11.4 Å². The van der Waals surface area contributed by atoms with E-state index in [1.807, 2.05) is 24.3 Å². The van der Waals surface area contributed by atoms with Crippen LogP contribution in [0.25, 0.3) is 0 Å². The molecule has 6 nitrogen and oxygen atoms in total. The lowest BCUT2D eigenvalue weighted by molar-refractivity contribution is -0.117. The number of nitrogens with one attached hydrogen (secondary N) is 1. The number of ether oxygens (including phenoxy) is 1. The van der Waals surface area contributed by atoms with Gasteiger partial charge in [-0.2, -0.15) is 5.21 Å². The summed E-state index contributed by atoms with van der Waals surface area (Å²) in [5, 5.41) is 13.2. The third-order valence-electron chi connectivity index (χ3n) is 2.30. The minimum atomic E-state index is 0.0524. The molecule has 2 rings (SSSR count). The molecule has 0 aliphatic rings. The van der Waals surface area contributed by atoms with E-state index in [1.54, 1.807) is 7.11 Å². The highest BCUT2D eigenvalue weighted by atomic mass is 16.5. The summed E-state index contributed by atoms with van der Waals surface area (Å²) in [6, 6.07) is 7.40. The number of nitrogens with zero attached hydrogens (tertiary/aromatic N) is 3. The highest BCUT2D eigenvalue weighted by Crippen LogP contribution is 2.12. The maximum Gasteiger partial charge on any atom is 0.181 e. The van der Waals surface area contributed by atoms with Gasteiger partial charge in [0.05, 0.1) is 13.5 Å². The van der Waals surface area contributed by atoms with E-state index in [-0.39, 0.29) is 12.2 Å². The van der Waals surface area contributed by atoms with Gasteiger partial charge in [-0.3, -0.25) is 4.79 Å². The first-order chi connectivity index (χ1) is 8.28. The zero-order valence-corrected chi connectivity index (χ0v) is 9.38. The lowest BCUT2D eigenvalue weighted by Crippen LogP contribution is -2.07. The van der Waals surface area contributed by atoms with Crippen molar-refractivity contribution in [3.63, 3.8) is 0 Å². The monoisotopic (exact) mass is 232 g/mol. The molecule has 0 unspecified atom stereocenters. The summed E-state index contributed by atoms with van der Waals surface area (Å²) < 4.78 is 5.04. The number of carbonyl (C=O) groups is 1. The first-order valence-electron chi connectivity index (χ1n) is 5.15. The molecule has 0 radical (unpaired) electrons. The molecule has 0 bridgehead atoms. The number of hydrogen-bond acceptors (Lipinski definition) is 5. The molecular formula is C11H12N4O2. The number of carbonyl (C=O) groups excluding carboxylic acids is 1.